The van der Waals surface area contributed by atoms with Crippen molar-refractivity contribution in [3.63, 3.8) is 0 Å². The van der Waals surface area contributed by atoms with Gasteiger partial charge in [0.25, 0.3) is 5.91 Å². The minimum absolute atomic E-state index is 0.240. The van der Waals surface area contributed by atoms with Crippen molar-refractivity contribution < 1.29 is 9.21 Å². The summed E-state index contributed by atoms with van der Waals surface area (Å²) in [5.41, 5.74) is 1.23. The van der Waals surface area contributed by atoms with Gasteiger partial charge in [0.05, 0.1) is 6.26 Å². The number of carbonyl (C=O) groups is 1. The van der Waals surface area contributed by atoms with Crippen LogP contribution in [-0.2, 0) is 5.75 Å². The van der Waals surface area contributed by atoms with Crippen molar-refractivity contribution in [3.8, 4) is 0 Å². The molecule has 0 fully saturated rings. The molecule has 6 heteroatoms. The largest absolute Gasteiger partial charge is 0.459 e. The van der Waals surface area contributed by atoms with Gasteiger partial charge in [-0.1, -0.05) is 42.1 Å². The number of hydrogen-bond donors (Lipinski definition) is 1. The lowest BCUT2D eigenvalue weighted by atomic mass is 10.2. The lowest BCUT2D eigenvalue weighted by molar-refractivity contribution is 0.0996. The quantitative estimate of drug-likeness (QED) is 0.729. The Labute approximate surface area is 131 Å². The monoisotopic (exact) mass is 311 g/mol. The number of nitrogens with one attached hydrogen (secondary N) is 1. The van der Waals surface area contributed by atoms with Crippen LogP contribution in [0.5, 0.6) is 0 Å². The summed E-state index contributed by atoms with van der Waals surface area (Å²) in [5, 5.41) is 11.5. The third kappa shape index (κ3) is 3.73. The Morgan fingerprint density at radius 2 is 1.91 bits per heavy atom. The van der Waals surface area contributed by atoms with E-state index in [4.69, 9.17) is 4.42 Å². The lowest BCUT2D eigenvalue weighted by Crippen LogP contribution is -2.12. The van der Waals surface area contributed by atoms with Crippen LogP contribution in [0.1, 0.15) is 16.1 Å². The fourth-order valence-electron chi connectivity index (χ4n) is 1.78. The number of furan rings is 1. The first-order chi connectivity index (χ1) is 10.8. The summed E-state index contributed by atoms with van der Waals surface area (Å²) in [6.07, 6.45) is 1.45. The van der Waals surface area contributed by atoms with E-state index in [2.05, 4.69) is 27.6 Å². The van der Waals surface area contributed by atoms with E-state index >= 15 is 0 Å². The maximum atomic E-state index is 11.8. The van der Waals surface area contributed by atoms with Crippen molar-refractivity contribution in [1.82, 2.24) is 10.2 Å². The Hall–Kier alpha value is -2.60. The predicted octanol–water partition coefficient (Wildman–Crippen LogP) is 3.61. The van der Waals surface area contributed by atoms with E-state index in [-0.39, 0.29) is 11.7 Å². The molecule has 1 amide bonds. The second kappa shape index (κ2) is 6.91. The number of rotatable bonds is 5. The molecule has 2 heterocycles. The molecule has 22 heavy (non-hydrogen) atoms. The van der Waals surface area contributed by atoms with Gasteiger partial charge in [-0.3, -0.25) is 4.79 Å². The van der Waals surface area contributed by atoms with Crippen LogP contribution in [-0.4, -0.2) is 16.1 Å². The molecule has 2 aromatic heterocycles. The molecule has 3 aromatic rings. The number of carbonyl (C=O) groups excluding carboxylic acids is 1. The van der Waals surface area contributed by atoms with Crippen molar-refractivity contribution in [2.24, 2.45) is 0 Å². The fraction of sp³-hybridized carbons (Fsp3) is 0.0625. The maximum Gasteiger partial charge on any atom is 0.292 e. The van der Waals surface area contributed by atoms with Gasteiger partial charge in [-0.05, 0) is 29.8 Å². The van der Waals surface area contributed by atoms with E-state index in [1.54, 1.807) is 30.0 Å². The zero-order valence-corrected chi connectivity index (χ0v) is 12.4. The van der Waals surface area contributed by atoms with E-state index in [9.17, 15) is 4.79 Å². The molecule has 110 valence electrons. The van der Waals surface area contributed by atoms with Crippen LogP contribution in [0.2, 0.25) is 0 Å². The van der Waals surface area contributed by atoms with Crippen LogP contribution < -0.4 is 5.32 Å². The van der Waals surface area contributed by atoms with Gasteiger partial charge in [-0.25, -0.2) is 0 Å². The van der Waals surface area contributed by atoms with Crippen molar-refractivity contribution in [3.05, 3.63) is 72.2 Å². The summed E-state index contributed by atoms with van der Waals surface area (Å²) in [7, 11) is 0. The second-order valence-electron chi connectivity index (χ2n) is 4.46. The first-order valence-corrected chi connectivity index (χ1v) is 7.65. The molecule has 0 saturated heterocycles. The van der Waals surface area contributed by atoms with Gasteiger partial charge in [0.2, 0.25) is 0 Å². The first-order valence-electron chi connectivity index (χ1n) is 6.66. The molecular formula is C16H13N3O2S. The highest BCUT2D eigenvalue weighted by molar-refractivity contribution is 7.98. The number of benzene rings is 1. The summed E-state index contributed by atoms with van der Waals surface area (Å²) in [5.74, 6) is 1.12. The molecule has 1 N–H and O–H groups in total. The zero-order chi connectivity index (χ0) is 15.2. The van der Waals surface area contributed by atoms with Crippen LogP contribution in [0.15, 0.2) is 70.3 Å². The van der Waals surface area contributed by atoms with Gasteiger partial charge in [0.15, 0.2) is 11.6 Å². The second-order valence-corrected chi connectivity index (χ2v) is 5.46. The normalized spacial score (nSPS) is 10.4. The van der Waals surface area contributed by atoms with Gasteiger partial charge in [0.1, 0.15) is 5.03 Å². The minimum atomic E-state index is -0.344. The van der Waals surface area contributed by atoms with Crippen LogP contribution in [0, 0.1) is 0 Å². The number of aromatic nitrogens is 2. The molecule has 1 aromatic carbocycles. The van der Waals surface area contributed by atoms with Gasteiger partial charge in [0, 0.05) is 5.75 Å². The van der Waals surface area contributed by atoms with Crippen LogP contribution in [0.25, 0.3) is 0 Å². The number of thioether (sulfide) groups is 1. The zero-order valence-electron chi connectivity index (χ0n) is 11.6. The molecule has 0 saturated carbocycles. The van der Waals surface area contributed by atoms with E-state index < -0.39 is 0 Å². The molecule has 0 aliphatic carbocycles. The third-order valence-corrected chi connectivity index (χ3v) is 3.85. The van der Waals surface area contributed by atoms with Gasteiger partial charge in [-0.2, -0.15) is 0 Å². The highest BCUT2D eigenvalue weighted by Gasteiger charge is 2.09. The first kappa shape index (κ1) is 14.3. The van der Waals surface area contributed by atoms with Crippen molar-refractivity contribution in [2.75, 3.05) is 5.32 Å². The molecule has 0 aliphatic heterocycles. The lowest BCUT2D eigenvalue weighted by Gasteiger charge is -2.03. The molecule has 0 unspecified atom stereocenters. The average molecular weight is 311 g/mol. The Morgan fingerprint density at radius 3 is 2.59 bits per heavy atom. The predicted molar refractivity (Wildman–Crippen MR) is 84.7 cm³/mol. The summed E-state index contributed by atoms with van der Waals surface area (Å²) in [4.78, 5) is 11.8. The van der Waals surface area contributed by atoms with Crippen molar-refractivity contribution >= 4 is 23.5 Å². The number of hydrogen-bond acceptors (Lipinski definition) is 5. The van der Waals surface area contributed by atoms with Gasteiger partial charge in [-0.15, -0.1) is 10.2 Å². The Bertz CT molecular complexity index is 728. The van der Waals surface area contributed by atoms with Crippen molar-refractivity contribution in [1.29, 1.82) is 0 Å². The number of anilines is 1. The smallest absolute Gasteiger partial charge is 0.292 e. The van der Waals surface area contributed by atoms with E-state index in [1.165, 1.54) is 11.8 Å². The molecular weight excluding hydrogens is 298 g/mol. The Balaban J connectivity index is 1.57. The Kier molecular flexibility index (Phi) is 4.50. The van der Waals surface area contributed by atoms with E-state index in [0.29, 0.717) is 5.82 Å². The average Bonchev–Trinajstić information content (AvgIpc) is 3.10. The molecule has 0 aliphatic rings. The highest BCUT2D eigenvalue weighted by Crippen LogP contribution is 2.20. The van der Waals surface area contributed by atoms with Crippen LogP contribution in [0.4, 0.5) is 5.82 Å². The number of amides is 1. The van der Waals surface area contributed by atoms with Crippen LogP contribution in [0.3, 0.4) is 0 Å². The highest BCUT2D eigenvalue weighted by atomic mass is 32.2. The summed E-state index contributed by atoms with van der Waals surface area (Å²) < 4.78 is 5.01. The summed E-state index contributed by atoms with van der Waals surface area (Å²) in [6, 6.07) is 16.9. The summed E-state index contributed by atoms with van der Waals surface area (Å²) >= 11 is 1.59. The standard InChI is InChI=1S/C16H13N3O2S/c20-16(13-7-4-10-21-13)17-14-8-9-15(19-18-14)22-11-12-5-2-1-3-6-12/h1-10H,11H2,(H,17,18,20). The van der Waals surface area contributed by atoms with Gasteiger partial charge >= 0.3 is 0 Å². The fourth-order valence-corrected chi connectivity index (χ4v) is 2.55. The molecule has 0 atom stereocenters. The topological polar surface area (TPSA) is 68.0 Å². The van der Waals surface area contributed by atoms with Crippen LogP contribution >= 0.6 is 11.8 Å². The van der Waals surface area contributed by atoms with Gasteiger partial charge < -0.3 is 9.73 Å². The molecule has 0 bridgehead atoms. The van der Waals surface area contributed by atoms with E-state index in [1.807, 2.05) is 24.3 Å². The SMILES string of the molecule is O=C(Nc1ccc(SCc2ccccc2)nn1)c1ccco1. The molecule has 3 rings (SSSR count). The Morgan fingerprint density at radius 1 is 1.05 bits per heavy atom. The maximum absolute atomic E-state index is 11.8. The molecule has 0 radical (unpaired) electrons. The van der Waals surface area contributed by atoms with Crippen molar-refractivity contribution in [2.45, 2.75) is 10.8 Å². The molecule has 5 nitrogen and oxygen atoms in total. The minimum Gasteiger partial charge on any atom is -0.459 e. The number of nitrogens with zero attached hydrogens (tertiary/aromatic N) is 2. The summed E-state index contributed by atoms with van der Waals surface area (Å²) in [6.45, 7) is 0. The van der Waals surface area contributed by atoms with E-state index in [0.717, 1.165) is 10.8 Å². The molecule has 0 spiro atoms. The third-order valence-electron chi connectivity index (χ3n) is 2.86.